The fourth-order valence-corrected chi connectivity index (χ4v) is 4.18. The number of ether oxygens (including phenoxy) is 1. The molecule has 7 nitrogen and oxygen atoms in total. The molecular formula is C25H25ClFN3O4. The van der Waals surface area contributed by atoms with Crippen molar-refractivity contribution in [3.8, 4) is 0 Å². The molecule has 1 aliphatic carbocycles. The minimum atomic E-state index is -0.569. The van der Waals surface area contributed by atoms with Crippen molar-refractivity contribution < 1.29 is 23.5 Å². The van der Waals surface area contributed by atoms with Gasteiger partial charge in [-0.3, -0.25) is 9.59 Å². The first-order chi connectivity index (χ1) is 16.3. The third-order valence-corrected chi connectivity index (χ3v) is 6.23. The number of carbonyl (C=O) groups excluding carboxylic acids is 3. The largest absolute Gasteiger partial charge is 0.465 e. The van der Waals surface area contributed by atoms with Gasteiger partial charge in [0.2, 0.25) is 11.8 Å². The number of benzene rings is 2. The first kappa shape index (κ1) is 23.8. The maximum atomic E-state index is 14.1. The Hall–Kier alpha value is -3.39. The Morgan fingerprint density at radius 1 is 1.24 bits per heavy atom. The Labute approximate surface area is 201 Å². The van der Waals surface area contributed by atoms with E-state index in [0.29, 0.717) is 5.56 Å². The monoisotopic (exact) mass is 485 g/mol. The van der Waals surface area contributed by atoms with Crippen molar-refractivity contribution in [3.05, 3.63) is 70.1 Å². The molecule has 34 heavy (non-hydrogen) atoms. The second-order valence-corrected chi connectivity index (χ2v) is 8.81. The number of nitrogens with zero attached hydrogens (tertiary/aromatic N) is 2. The van der Waals surface area contributed by atoms with Gasteiger partial charge in [-0.15, -0.1) is 0 Å². The van der Waals surface area contributed by atoms with E-state index < -0.39 is 11.8 Å². The van der Waals surface area contributed by atoms with Crippen LogP contribution < -0.4 is 5.32 Å². The van der Waals surface area contributed by atoms with Crippen LogP contribution in [-0.2, 0) is 27.4 Å². The number of carbonyl (C=O) groups is 3. The third kappa shape index (κ3) is 5.07. The lowest BCUT2D eigenvalue weighted by atomic mass is 10.1. The number of hydrogen-bond acceptors (Lipinski definition) is 4. The van der Waals surface area contributed by atoms with Crippen LogP contribution in [-0.4, -0.2) is 46.9 Å². The third-order valence-electron chi connectivity index (χ3n) is 5.94. The van der Waals surface area contributed by atoms with E-state index in [9.17, 15) is 18.8 Å². The standard InChI is InChI=1S/C25H25ClFN3O4/c1-15-12-29(21-10-16(25(33)34-2)6-9-19(15)21)14-23(32)30(18-7-8-18)13-22(31)28-11-17-4-3-5-20(26)24(17)27/h3-6,9-10,12,18H,7-8,11,13-14H2,1-2H3,(H,28,31). The Morgan fingerprint density at radius 2 is 2.00 bits per heavy atom. The Morgan fingerprint density at radius 3 is 2.71 bits per heavy atom. The number of methoxy groups -OCH3 is 1. The minimum absolute atomic E-state index is 0.00821. The summed E-state index contributed by atoms with van der Waals surface area (Å²) in [5.74, 6) is -1.60. The summed E-state index contributed by atoms with van der Waals surface area (Å²) in [6.45, 7) is 1.83. The number of hydrogen-bond donors (Lipinski definition) is 1. The van der Waals surface area contributed by atoms with Gasteiger partial charge in [-0.1, -0.05) is 29.8 Å². The summed E-state index contributed by atoms with van der Waals surface area (Å²) in [4.78, 5) is 39.3. The summed E-state index contributed by atoms with van der Waals surface area (Å²) < 4.78 is 20.7. The van der Waals surface area contributed by atoms with Gasteiger partial charge in [0.25, 0.3) is 0 Å². The number of nitrogens with one attached hydrogen (secondary N) is 1. The van der Waals surface area contributed by atoms with Crippen molar-refractivity contribution in [2.45, 2.75) is 38.9 Å². The lowest BCUT2D eigenvalue weighted by Gasteiger charge is -2.22. The first-order valence-corrected chi connectivity index (χ1v) is 11.3. The molecule has 0 atom stereocenters. The van der Waals surface area contributed by atoms with E-state index in [-0.39, 0.29) is 48.1 Å². The number of fused-ring (bicyclic) bond motifs is 1. The number of amides is 2. The molecule has 2 amide bonds. The predicted molar refractivity (Wildman–Crippen MR) is 126 cm³/mol. The molecule has 2 aromatic carbocycles. The molecule has 1 heterocycles. The smallest absolute Gasteiger partial charge is 0.337 e. The quantitative estimate of drug-likeness (QED) is 0.492. The second-order valence-electron chi connectivity index (χ2n) is 8.41. The highest BCUT2D eigenvalue weighted by Crippen LogP contribution is 2.28. The molecule has 4 rings (SSSR count). The van der Waals surface area contributed by atoms with Crippen molar-refractivity contribution in [2.75, 3.05) is 13.7 Å². The zero-order chi connectivity index (χ0) is 24.4. The van der Waals surface area contributed by atoms with Crippen LogP contribution in [0.15, 0.2) is 42.6 Å². The number of halogens is 2. The van der Waals surface area contributed by atoms with Gasteiger partial charge in [-0.05, 0) is 43.5 Å². The molecule has 0 bridgehead atoms. The molecular weight excluding hydrogens is 461 g/mol. The molecule has 0 spiro atoms. The van der Waals surface area contributed by atoms with Crippen LogP contribution in [0.2, 0.25) is 5.02 Å². The summed E-state index contributed by atoms with van der Waals surface area (Å²) >= 11 is 5.79. The van der Waals surface area contributed by atoms with E-state index in [2.05, 4.69) is 5.32 Å². The zero-order valence-electron chi connectivity index (χ0n) is 18.9. The van der Waals surface area contributed by atoms with Gasteiger partial charge in [-0.2, -0.15) is 0 Å². The van der Waals surface area contributed by atoms with Gasteiger partial charge in [0.05, 0.1) is 24.2 Å². The number of aromatic nitrogens is 1. The maximum Gasteiger partial charge on any atom is 0.337 e. The van der Waals surface area contributed by atoms with Gasteiger partial charge in [0.15, 0.2) is 0 Å². The van der Waals surface area contributed by atoms with Crippen LogP contribution in [0.4, 0.5) is 4.39 Å². The van der Waals surface area contributed by atoms with Gasteiger partial charge >= 0.3 is 5.97 Å². The van der Waals surface area contributed by atoms with Crippen molar-refractivity contribution in [1.82, 2.24) is 14.8 Å². The van der Waals surface area contributed by atoms with E-state index in [1.54, 1.807) is 33.7 Å². The van der Waals surface area contributed by atoms with Gasteiger partial charge in [-0.25, -0.2) is 9.18 Å². The molecule has 1 saturated carbocycles. The van der Waals surface area contributed by atoms with E-state index in [1.165, 1.54) is 13.2 Å². The molecule has 0 aliphatic heterocycles. The summed E-state index contributed by atoms with van der Waals surface area (Å²) in [6.07, 6.45) is 3.52. The van der Waals surface area contributed by atoms with Gasteiger partial charge in [0, 0.05) is 35.2 Å². The predicted octanol–water partition coefficient (Wildman–Crippen LogP) is 3.84. The van der Waals surface area contributed by atoms with Crippen LogP contribution in [0.25, 0.3) is 10.9 Å². The topological polar surface area (TPSA) is 80.6 Å². The van der Waals surface area contributed by atoms with Crippen molar-refractivity contribution in [1.29, 1.82) is 0 Å². The highest BCUT2D eigenvalue weighted by Gasteiger charge is 2.34. The number of esters is 1. The molecule has 3 aromatic rings. The average Bonchev–Trinajstić information content (AvgIpc) is 3.62. The van der Waals surface area contributed by atoms with Crippen LogP contribution >= 0.6 is 11.6 Å². The van der Waals surface area contributed by atoms with E-state index in [4.69, 9.17) is 16.3 Å². The van der Waals surface area contributed by atoms with Crippen LogP contribution in [0.5, 0.6) is 0 Å². The molecule has 9 heteroatoms. The Kier molecular flexibility index (Phi) is 6.88. The molecule has 0 saturated heterocycles. The van der Waals surface area contributed by atoms with E-state index >= 15 is 0 Å². The van der Waals surface area contributed by atoms with Crippen molar-refractivity contribution in [2.24, 2.45) is 0 Å². The van der Waals surface area contributed by atoms with Crippen molar-refractivity contribution in [3.63, 3.8) is 0 Å². The molecule has 0 unspecified atom stereocenters. The lowest BCUT2D eigenvalue weighted by molar-refractivity contribution is -0.137. The summed E-state index contributed by atoms with van der Waals surface area (Å²) in [6, 6.07) is 9.84. The Balaban J connectivity index is 1.46. The summed E-state index contributed by atoms with van der Waals surface area (Å²) in [5, 5.41) is 3.59. The first-order valence-electron chi connectivity index (χ1n) is 11.0. The normalized spacial score (nSPS) is 13.1. The molecule has 1 aliphatic rings. The molecule has 178 valence electrons. The molecule has 1 N–H and O–H groups in total. The average molecular weight is 486 g/mol. The Bertz CT molecular complexity index is 1270. The fraction of sp³-hybridized carbons (Fsp3) is 0.320. The maximum absolute atomic E-state index is 14.1. The van der Waals surface area contributed by atoms with E-state index in [1.807, 2.05) is 19.2 Å². The summed E-state index contributed by atoms with van der Waals surface area (Å²) in [5.41, 5.74) is 2.39. The van der Waals surface area contributed by atoms with Crippen LogP contribution in [0.3, 0.4) is 0 Å². The number of aryl methyl sites for hydroxylation is 1. The minimum Gasteiger partial charge on any atom is -0.465 e. The molecule has 0 radical (unpaired) electrons. The van der Waals surface area contributed by atoms with Crippen LogP contribution in [0, 0.1) is 12.7 Å². The fourth-order valence-electron chi connectivity index (χ4n) is 3.98. The lowest BCUT2D eigenvalue weighted by Crippen LogP contribution is -2.43. The van der Waals surface area contributed by atoms with Gasteiger partial charge < -0.3 is 19.5 Å². The highest BCUT2D eigenvalue weighted by molar-refractivity contribution is 6.30. The van der Waals surface area contributed by atoms with E-state index in [0.717, 1.165) is 29.3 Å². The van der Waals surface area contributed by atoms with Crippen LogP contribution in [0.1, 0.15) is 34.3 Å². The SMILES string of the molecule is COC(=O)c1ccc2c(C)cn(CC(=O)N(CC(=O)NCc3cccc(Cl)c3F)C3CC3)c2c1. The zero-order valence-corrected chi connectivity index (χ0v) is 19.7. The molecule has 1 aromatic heterocycles. The summed E-state index contributed by atoms with van der Waals surface area (Å²) in [7, 11) is 1.32. The van der Waals surface area contributed by atoms with Crippen molar-refractivity contribution >= 4 is 40.3 Å². The number of rotatable bonds is 8. The van der Waals surface area contributed by atoms with Gasteiger partial charge in [0.1, 0.15) is 12.4 Å². The second kappa shape index (κ2) is 9.85. The molecule has 1 fully saturated rings. The highest BCUT2D eigenvalue weighted by atomic mass is 35.5.